The summed E-state index contributed by atoms with van der Waals surface area (Å²) in [7, 11) is 0. The van der Waals surface area contributed by atoms with Crippen LogP contribution in [0.25, 0.3) is 17.0 Å². The third-order valence-electron chi connectivity index (χ3n) is 3.68. The number of rotatable bonds is 4. The lowest BCUT2D eigenvalue weighted by Gasteiger charge is -2.06. The number of pyridine rings is 1. The van der Waals surface area contributed by atoms with Gasteiger partial charge in [0.15, 0.2) is 5.58 Å². The van der Waals surface area contributed by atoms with Crippen molar-refractivity contribution in [1.29, 1.82) is 0 Å². The van der Waals surface area contributed by atoms with Crippen LogP contribution in [-0.2, 0) is 11.3 Å². The highest BCUT2D eigenvalue weighted by Crippen LogP contribution is 2.30. The van der Waals surface area contributed by atoms with E-state index in [9.17, 15) is 9.59 Å². The number of carbonyl (C=O) groups is 2. The molecule has 2 N–H and O–H groups in total. The van der Waals surface area contributed by atoms with Crippen LogP contribution >= 0.6 is 11.8 Å². The van der Waals surface area contributed by atoms with Crippen LogP contribution < -0.4 is 10.6 Å². The van der Waals surface area contributed by atoms with E-state index in [1.165, 1.54) is 0 Å². The maximum absolute atomic E-state index is 11.6. The predicted octanol–water partition coefficient (Wildman–Crippen LogP) is 3.76. The number of amides is 2. The monoisotopic (exact) mass is 351 g/mol. The van der Waals surface area contributed by atoms with E-state index in [4.69, 9.17) is 4.42 Å². The fraction of sp³-hybridized carbons (Fsp3) is 0.0556. The normalized spacial score (nSPS) is 15.8. The highest BCUT2D eigenvalue weighted by molar-refractivity contribution is 8.18. The molecule has 1 aliphatic rings. The first-order chi connectivity index (χ1) is 12.2. The van der Waals surface area contributed by atoms with E-state index in [0.717, 1.165) is 28.4 Å². The van der Waals surface area contributed by atoms with Gasteiger partial charge < -0.3 is 9.73 Å². The molecule has 0 saturated carbocycles. The van der Waals surface area contributed by atoms with Crippen molar-refractivity contribution in [3.63, 3.8) is 0 Å². The SMILES string of the molecule is O=C1NC(=O)/C(=C/c2cc3cncc(NCc4ccccc4)c3o2)S1. The molecule has 0 unspecified atom stereocenters. The van der Waals surface area contributed by atoms with Gasteiger partial charge in [-0.15, -0.1) is 0 Å². The van der Waals surface area contributed by atoms with E-state index in [1.54, 1.807) is 24.5 Å². The summed E-state index contributed by atoms with van der Waals surface area (Å²) in [6, 6.07) is 11.8. The molecule has 1 saturated heterocycles. The van der Waals surface area contributed by atoms with E-state index in [2.05, 4.69) is 15.6 Å². The van der Waals surface area contributed by atoms with Gasteiger partial charge in [-0.25, -0.2) is 0 Å². The summed E-state index contributed by atoms with van der Waals surface area (Å²) in [5, 5.41) is 5.98. The van der Waals surface area contributed by atoms with E-state index >= 15 is 0 Å². The molecule has 0 atom stereocenters. The Morgan fingerprint density at radius 2 is 2.04 bits per heavy atom. The molecule has 0 spiro atoms. The van der Waals surface area contributed by atoms with E-state index in [-0.39, 0.29) is 5.24 Å². The van der Waals surface area contributed by atoms with Crippen LogP contribution in [0.15, 0.2) is 58.1 Å². The van der Waals surface area contributed by atoms with Crippen LogP contribution in [0.5, 0.6) is 0 Å². The summed E-state index contributed by atoms with van der Waals surface area (Å²) in [6.45, 7) is 0.644. The topological polar surface area (TPSA) is 84.2 Å². The number of nitrogens with zero attached hydrogens (tertiary/aromatic N) is 1. The second-order valence-electron chi connectivity index (χ2n) is 5.45. The van der Waals surface area contributed by atoms with Gasteiger partial charge in [-0.1, -0.05) is 30.3 Å². The van der Waals surface area contributed by atoms with Crippen molar-refractivity contribution in [3.8, 4) is 0 Å². The first-order valence-electron chi connectivity index (χ1n) is 7.59. The summed E-state index contributed by atoms with van der Waals surface area (Å²) in [4.78, 5) is 27.4. The average molecular weight is 351 g/mol. The molecular weight excluding hydrogens is 338 g/mol. The van der Waals surface area contributed by atoms with Crippen LogP contribution in [0.2, 0.25) is 0 Å². The number of hydrogen-bond acceptors (Lipinski definition) is 6. The fourth-order valence-electron chi connectivity index (χ4n) is 2.52. The van der Waals surface area contributed by atoms with Crippen LogP contribution in [0.1, 0.15) is 11.3 Å². The highest BCUT2D eigenvalue weighted by Gasteiger charge is 2.25. The van der Waals surface area contributed by atoms with Crippen LogP contribution in [-0.4, -0.2) is 16.1 Å². The van der Waals surface area contributed by atoms with Gasteiger partial charge in [-0.3, -0.25) is 19.9 Å². The van der Waals surface area contributed by atoms with Gasteiger partial charge in [0, 0.05) is 24.2 Å². The molecule has 0 aliphatic carbocycles. The fourth-order valence-corrected chi connectivity index (χ4v) is 3.18. The molecule has 4 rings (SSSR count). The molecule has 2 amide bonds. The molecule has 25 heavy (non-hydrogen) atoms. The quantitative estimate of drug-likeness (QED) is 0.696. The molecule has 7 heteroatoms. The molecule has 3 aromatic rings. The molecule has 124 valence electrons. The van der Waals surface area contributed by atoms with E-state index < -0.39 is 5.91 Å². The van der Waals surface area contributed by atoms with Crippen LogP contribution in [0, 0.1) is 0 Å². The minimum absolute atomic E-state index is 0.316. The maximum Gasteiger partial charge on any atom is 0.290 e. The Morgan fingerprint density at radius 3 is 2.80 bits per heavy atom. The molecule has 0 radical (unpaired) electrons. The Morgan fingerprint density at radius 1 is 1.20 bits per heavy atom. The highest BCUT2D eigenvalue weighted by atomic mass is 32.2. The lowest BCUT2D eigenvalue weighted by atomic mass is 10.2. The van der Waals surface area contributed by atoms with Crippen molar-refractivity contribution in [2.75, 3.05) is 5.32 Å². The number of furan rings is 1. The predicted molar refractivity (Wildman–Crippen MR) is 96.9 cm³/mol. The van der Waals surface area contributed by atoms with Gasteiger partial charge in [0.25, 0.3) is 11.1 Å². The molecule has 3 heterocycles. The second-order valence-corrected chi connectivity index (χ2v) is 6.46. The molecule has 2 aromatic heterocycles. The molecule has 1 aromatic carbocycles. The zero-order valence-electron chi connectivity index (χ0n) is 13.0. The average Bonchev–Trinajstić information content (AvgIpc) is 3.16. The summed E-state index contributed by atoms with van der Waals surface area (Å²) < 4.78 is 5.85. The maximum atomic E-state index is 11.6. The van der Waals surface area contributed by atoms with Crippen molar-refractivity contribution >= 4 is 45.6 Å². The van der Waals surface area contributed by atoms with Crippen molar-refractivity contribution in [1.82, 2.24) is 10.3 Å². The second kappa shape index (κ2) is 6.45. The summed E-state index contributed by atoms with van der Waals surface area (Å²) in [5.74, 6) is 0.0918. The Bertz CT molecular complexity index is 995. The van der Waals surface area contributed by atoms with E-state index in [1.807, 2.05) is 30.3 Å². The zero-order chi connectivity index (χ0) is 17.2. The Labute approximate surface area is 147 Å². The van der Waals surface area contributed by atoms with Crippen molar-refractivity contribution in [3.05, 3.63) is 65.0 Å². The summed E-state index contributed by atoms with van der Waals surface area (Å²) in [6.07, 6.45) is 4.96. The lowest BCUT2D eigenvalue weighted by Crippen LogP contribution is -2.17. The number of fused-ring (bicyclic) bond motifs is 1. The van der Waals surface area contributed by atoms with Crippen molar-refractivity contribution < 1.29 is 14.0 Å². The largest absolute Gasteiger partial charge is 0.454 e. The van der Waals surface area contributed by atoms with Gasteiger partial charge in [-0.2, -0.15) is 0 Å². The summed E-state index contributed by atoms with van der Waals surface area (Å²) >= 11 is 0.860. The Hall–Kier alpha value is -3.06. The Kier molecular flexibility index (Phi) is 3.99. The molecular formula is C18H13N3O3S. The first-order valence-corrected chi connectivity index (χ1v) is 8.41. The lowest BCUT2D eigenvalue weighted by molar-refractivity contribution is -0.115. The van der Waals surface area contributed by atoms with Gasteiger partial charge in [0.1, 0.15) is 5.76 Å². The first kappa shape index (κ1) is 15.5. The number of benzene rings is 1. The molecule has 1 fully saturated rings. The number of thioether (sulfide) groups is 1. The smallest absolute Gasteiger partial charge is 0.290 e. The van der Waals surface area contributed by atoms with Gasteiger partial charge >= 0.3 is 0 Å². The van der Waals surface area contributed by atoms with Crippen LogP contribution in [0.3, 0.4) is 0 Å². The zero-order valence-corrected chi connectivity index (χ0v) is 13.8. The van der Waals surface area contributed by atoms with Crippen LogP contribution in [0.4, 0.5) is 10.5 Å². The molecule has 6 nitrogen and oxygen atoms in total. The molecule has 1 aliphatic heterocycles. The van der Waals surface area contributed by atoms with Crippen molar-refractivity contribution in [2.24, 2.45) is 0 Å². The third-order valence-corrected chi connectivity index (χ3v) is 4.49. The number of imide groups is 1. The van der Waals surface area contributed by atoms with Gasteiger partial charge in [0.05, 0.1) is 16.8 Å². The number of hydrogen-bond donors (Lipinski definition) is 2. The third kappa shape index (κ3) is 3.27. The van der Waals surface area contributed by atoms with Crippen molar-refractivity contribution in [2.45, 2.75) is 6.54 Å². The Balaban J connectivity index is 1.61. The number of nitrogens with one attached hydrogen (secondary N) is 2. The number of aromatic nitrogens is 1. The van der Waals surface area contributed by atoms with Gasteiger partial charge in [0.2, 0.25) is 0 Å². The number of carbonyl (C=O) groups excluding carboxylic acids is 2. The standard InChI is InChI=1S/C18H13N3O3S/c22-17-15(25-18(23)21-17)7-13-6-12-9-19-10-14(16(12)24-13)20-8-11-4-2-1-3-5-11/h1-7,9-10,20H,8H2,(H,21,22,23)/b15-7-. The minimum atomic E-state index is -0.406. The molecule has 0 bridgehead atoms. The van der Waals surface area contributed by atoms with Gasteiger partial charge in [-0.05, 0) is 23.4 Å². The minimum Gasteiger partial charge on any atom is -0.454 e. The van der Waals surface area contributed by atoms with E-state index in [0.29, 0.717) is 22.8 Å². The number of anilines is 1. The summed E-state index contributed by atoms with van der Waals surface area (Å²) in [5.41, 5.74) is 2.57.